The summed E-state index contributed by atoms with van der Waals surface area (Å²) in [5.41, 5.74) is 4.03. The van der Waals surface area contributed by atoms with Gasteiger partial charge in [-0.25, -0.2) is 18.7 Å². The first kappa shape index (κ1) is 31.3. The summed E-state index contributed by atoms with van der Waals surface area (Å²) >= 11 is 1.36. The van der Waals surface area contributed by atoms with Gasteiger partial charge in [0.15, 0.2) is 0 Å². The van der Waals surface area contributed by atoms with Crippen LogP contribution in [0.2, 0.25) is 0 Å². The van der Waals surface area contributed by atoms with Crippen LogP contribution >= 0.6 is 11.8 Å². The van der Waals surface area contributed by atoms with Gasteiger partial charge in [-0.3, -0.25) is 4.79 Å². The second kappa shape index (κ2) is 13.3. The number of amides is 1. The van der Waals surface area contributed by atoms with Gasteiger partial charge in [-0.1, -0.05) is 0 Å². The van der Waals surface area contributed by atoms with E-state index in [2.05, 4.69) is 21.0 Å². The van der Waals surface area contributed by atoms with Crippen molar-refractivity contribution in [1.29, 1.82) is 0 Å². The average Bonchev–Trinajstić information content (AvgIpc) is 3.31. The van der Waals surface area contributed by atoms with Gasteiger partial charge in [0.1, 0.15) is 34.5 Å². The topological polar surface area (TPSA) is 94.0 Å². The first-order chi connectivity index (χ1) is 18.2. The molecule has 0 aliphatic carbocycles. The molecule has 0 saturated heterocycles. The lowest BCUT2D eigenvalue weighted by Crippen LogP contribution is -2.10. The average molecular weight is 581 g/mol. The fourth-order valence-electron chi connectivity index (χ4n) is 3.13. The molecule has 0 atom stereocenters. The molecule has 0 aliphatic heterocycles. The van der Waals surface area contributed by atoms with E-state index in [-0.39, 0.29) is 47.1 Å². The van der Waals surface area contributed by atoms with Gasteiger partial charge >= 0.3 is 12.4 Å². The van der Waals surface area contributed by atoms with Crippen LogP contribution < -0.4 is 11.1 Å². The standard InChI is InChI=1S/C21H14F5N3OS.C2H3F3.CH3NO/c1-31-10-11-6-17(21(24,25)26)28-19(7-11)29-18-8-14(16(23)9-27-18)12-2-3-15(22)13-4-5-30-20(12)13;1-2(3,4)5;2-1-3/h2-9H,10H2,1H3,(H,27,28,29);1H3;1H,(H2,2,3). The molecule has 0 fully saturated rings. The molecule has 39 heavy (non-hydrogen) atoms. The summed E-state index contributed by atoms with van der Waals surface area (Å²) in [5, 5.41) is 2.89. The number of alkyl halides is 6. The number of anilines is 2. The zero-order valence-corrected chi connectivity index (χ0v) is 20.9. The van der Waals surface area contributed by atoms with Crippen LogP contribution in [0, 0.1) is 11.6 Å². The highest BCUT2D eigenvalue weighted by Gasteiger charge is 2.33. The van der Waals surface area contributed by atoms with Crippen LogP contribution in [0.5, 0.6) is 0 Å². The minimum atomic E-state index is -4.62. The highest BCUT2D eigenvalue weighted by atomic mass is 32.2. The number of nitrogens with two attached hydrogens (primary N) is 1. The molecular formula is C24H20F8N4O2S. The largest absolute Gasteiger partial charge is 0.464 e. The highest BCUT2D eigenvalue weighted by molar-refractivity contribution is 7.97. The van der Waals surface area contributed by atoms with Crippen LogP contribution in [-0.4, -0.2) is 28.8 Å². The number of primary amides is 1. The monoisotopic (exact) mass is 580 g/mol. The zero-order chi connectivity index (χ0) is 29.4. The van der Waals surface area contributed by atoms with Gasteiger partial charge in [-0.05, 0) is 48.2 Å². The summed E-state index contributed by atoms with van der Waals surface area (Å²) in [6.07, 6.45) is -4.39. The van der Waals surface area contributed by atoms with Gasteiger partial charge in [0.2, 0.25) is 6.41 Å². The van der Waals surface area contributed by atoms with Crippen molar-refractivity contribution in [3.05, 3.63) is 71.8 Å². The lowest BCUT2D eigenvalue weighted by atomic mass is 10.0. The van der Waals surface area contributed by atoms with Crippen molar-refractivity contribution in [3.63, 3.8) is 0 Å². The predicted octanol–water partition coefficient (Wildman–Crippen LogP) is 7.46. The van der Waals surface area contributed by atoms with E-state index in [1.807, 2.05) is 0 Å². The maximum atomic E-state index is 14.5. The number of benzene rings is 1. The van der Waals surface area contributed by atoms with Crippen molar-refractivity contribution in [3.8, 4) is 11.1 Å². The second-order valence-electron chi connectivity index (χ2n) is 7.53. The third-order valence-corrected chi connectivity index (χ3v) is 5.07. The van der Waals surface area contributed by atoms with Gasteiger partial charge in [0, 0.05) is 23.8 Å². The number of hydrogen-bond donors (Lipinski definition) is 2. The van der Waals surface area contributed by atoms with E-state index in [4.69, 9.17) is 9.21 Å². The van der Waals surface area contributed by atoms with Crippen molar-refractivity contribution >= 4 is 40.8 Å². The Labute approximate surface area is 220 Å². The molecule has 210 valence electrons. The maximum absolute atomic E-state index is 14.5. The molecule has 0 bridgehead atoms. The number of fused-ring (bicyclic) bond motifs is 1. The molecule has 0 radical (unpaired) electrons. The predicted molar refractivity (Wildman–Crippen MR) is 131 cm³/mol. The molecule has 4 aromatic rings. The Morgan fingerprint density at radius 1 is 1.00 bits per heavy atom. The van der Waals surface area contributed by atoms with Crippen LogP contribution in [0.4, 0.5) is 46.8 Å². The molecular weight excluding hydrogens is 560 g/mol. The van der Waals surface area contributed by atoms with Crippen molar-refractivity contribution in [1.82, 2.24) is 9.97 Å². The van der Waals surface area contributed by atoms with Crippen LogP contribution in [0.3, 0.4) is 0 Å². The molecule has 15 heteroatoms. The SMILES string of the molecule is CC(F)(F)F.CSCc1cc(Nc2cc(-c3ccc(F)c4ccoc34)c(F)cn2)nc(C(F)(F)F)c1.NC=O. The van der Waals surface area contributed by atoms with E-state index >= 15 is 0 Å². The molecule has 1 aromatic carbocycles. The quantitative estimate of drug-likeness (QED) is 0.188. The fraction of sp³-hybridized carbons (Fsp3) is 0.208. The zero-order valence-electron chi connectivity index (χ0n) is 20.1. The number of furan rings is 1. The van der Waals surface area contributed by atoms with E-state index in [1.54, 1.807) is 6.26 Å². The number of rotatable bonds is 5. The Morgan fingerprint density at radius 2 is 1.64 bits per heavy atom. The smallest absolute Gasteiger partial charge is 0.433 e. The van der Waals surface area contributed by atoms with Crippen molar-refractivity contribution in [2.45, 2.75) is 25.0 Å². The molecule has 0 saturated carbocycles. The summed E-state index contributed by atoms with van der Waals surface area (Å²) in [7, 11) is 0. The first-order valence-electron chi connectivity index (χ1n) is 10.6. The Balaban J connectivity index is 0.000000590. The third-order valence-electron chi connectivity index (χ3n) is 4.45. The number of nitrogens with one attached hydrogen (secondary N) is 1. The van der Waals surface area contributed by atoms with Crippen molar-refractivity contribution in [2.24, 2.45) is 5.73 Å². The summed E-state index contributed by atoms with van der Waals surface area (Å²) in [5.74, 6) is -0.868. The molecule has 3 heterocycles. The number of hydrogen-bond acceptors (Lipinski definition) is 6. The number of thioether (sulfide) groups is 1. The number of carbonyl (C=O) groups is 1. The molecule has 0 aliphatic rings. The number of carbonyl (C=O) groups excluding carboxylic acids is 1. The Bertz CT molecular complexity index is 1400. The van der Waals surface area contributed by atoms with Gasteiger partial charge in [-0.2, -0.15) is 38.1 Å². The van der Waals surface area contributed by atoms with Crippen LogP contribution in [0.15, 0.2) is 53.3 Å². The van der Waals surface area contributed by atoms with Crippen LogP contribution in [-0.2, 0) is 16.7 Å². The Kier molecular flexibility index (Phi) is 10.7. The Morgan fingerprint density at radius 3 is 2.23 bits per heavy atom. The fourth-order valence-corrected chi connectivity index (χ4v) is 3.63. The summed E-state index contributed by atoms with van der Waals surface area (Å²) in [6, 6.07) is 7.73. The molecule has 0 spiro atoms. The van der Waals surface area contributed by atoms with Crippen LogP contribution in [0.1, 0.15) is 18.2 Å². The number of pyridine rings is 2. The number of aromatic nitrogens is 2. The summed E-state index contributed by atoms with van der Waals surface area (Å²) in [4.78, 5) is 16.1. The molecule has 0 unspecified atom stereocenters. The highest BCUT2D eigenvalue weighted by Crippen LogP contribution is 2.35. The molecule has 3 N–H and O–H groups in total. The first-order valence-corrected chi connectivity index (χ1v) is 11.9. The van der Waals surface area contributed by atoms with E-state index in [1.165, 1.54) is 48.4 Å². The normalized spacial score (nSPS) is 11.2. The summed E-state index contributed by atoms with van der Waals surface area (Å²) in [6.45, 7) is 0.188. The lowest BCUT2D eigenvalue weighted by Gasteiger charge is -2.13. The summed E-state index contributed by atoms with van der Waals surface area (Å²) < 4.78 is 104. The number of nitrogens with zero attached hydrogens (tertiary/aromatic N) is 2. The van der Waals surface area contributed by atoms with Gasteiger partial charge in [0.05, 0.1) is 17.8 Å². The molecule has 4 rings (SSSR count). The molecule has 3 aromatic heterocycles. The van der Waals surface area contributed by atoms with Crippen LogP contribution in [0.25, 0.3) is 22.1 Å². The third kappa shape index (κ3) is 9.42. The van der Waals surface area contributed by atoms with Crippen molar-refractivity contribution < 1.29 is 44.3 Å². The van der Waals surface area contributed by atoms with Gasteiger partial charge < -0.3 is 15.5 Å². The molecule has 6 nitrogen and oxygen atoms in total. The minimum Gasteiger partial charge on any atom is -0.464 e. The van der Waals surface area contributed by atoms with E-state index < -0.39 is 29.7 Å². The van der Waals surface area contributed by atoms with Gasteiger partial charge in [0.25, 0.3) is 0 Å². The van der Waals surface area contributed by atoms with E-state index in [0.29, 0.717) is 11.3 Å². The number of halogens is 8. The Hall–Kier alpha value is -3.88. The van der Waals surface area contributed by atoms with Gasteiger partial charge in [-0.15, -0.1) is 0 Å². The minimum absolute atomic E-state index is 0.0498. The second-order valence-corrected chi connectivity index (χ2v) is 8.39. The van der Waals surface area contributed by atoms with Crippen molar-refractivity contribution in [2.75, 3.05) is 11.6 Å². The van der Waals surface area contributed by atoms with E-state index in [9.17, 15) is 35.1 Å². The van der Waals surface area contributed by atoms with E-state index in [0.717, 1.165) is 12.3 Å². The lowest BCUT2D eigenvalue weighted by molar-refractivity contribution is -0.141. The maximum Gasteiger partial charge on any atom is 0.433 e. The molecule has 1 amide bonds.